The average molecular weight is 271 g/mol. The van der Waals surface area contributed by atoms with Crippen LogP contribution in [-0.2, 0) is 9.53 Å². The van der Waals surface area contributed by atoms with Gasteiger partial charge in [0.15, 0.2) is 0 Å². The van der Waals surface area contributed by atoms with Gasteiger partial charge in [-0.2, -0.15) is 0 Å². The summed E-state index contributed by atoms with van der Waals surface area (Å²) < 4.78 is 4.41. The van der Waals surface area contributed by atoms with E-state index >= 15 is 0 Å². The van der Waals surface area contributed by atoms with Gasteiger partial charge in [0.25, 0.3) is 0 Å². The fourth-order valence-corrected chi connectivity index (χ4v) is 2.39. The normalized spacial score (nSPS) is 16.4. The lowest BCUT2D eigenvalue weighted by Crippen LogP contribution is -2.43. The van der Waals surface area contributed by atoms with Gasteiger partial charge in [-0.1, -0.05) is 6.92 Å². The van der Waals surface area contributed by atoms with Crippen LogP contribution in [0.15, 0.2) is 0 Å². The van der Waals surface area contributed by atoms with E-state index < -0.39 is 6.09 Å². The standard InChI is InChI=1S/C13H25N3O3/c1-3-8-16(9-11-4-6-14-7-5-11)10-12(17)15-13(18)19-2/h11,14H,3-10H2,1-2H3,(H,15,17,18). The summed E-state index contributed by atoms with van der Waals surface area (Å²) in [5.41, 5.74) is 0. The predicted octanol–water partition coefficient (Wildman–Crippen LogP) is 0.581. The Labute approximate surface area is 114 Å². The van der Waals surface area contributed by atoms with Crippen molar-refractivity contribution < 1.29 is 14.3 Å². The minimum Gasteiger partial charge on any atom is -0.453 e. The molecule has 0 radical (unpaired) electrons. The van der Waals surface area contributed by atoms with E-state index in [9.17, 15) is 9.59 Å². The van der Waals surface area contributed by atoms with Gasteiger partial charge in [-0.3, -0.25) is 15.0 Å². The summed E-state index contributed by atoms with van der Waals surface area (Å²) >= 11 is 0. The molecule has 0 aliphatic carbocycles. The van der Waals surface area contributed by atoms with E-state index in [0.29, 0.717) is 5.92 Å². The van der Waals surface area contributed by atoms with Crippen molar-refractivity contribution in [2.45, 2.75) is 26.2 Å². The SMILES string of the molecule is CCCN(CC(=O)NC(=O)OC)CC1CCNCC1. The molecular weight excluding hydrogens is 246 g/mol. The van der Waals surface area contributed by atoms with Crippen molar-refractivity contribution >= 4 is 12.0 Å². The highest BCUT2D eigenvalue weighted by atomic mass is 16.5. The Hall–Kier alpha value is -1.14. The largest absolute Gasteiger partial charge is 0.453 e. The summed E-state index contributed by atoms with van der Waals surface area (Å²) in [6, 6.07) is 0. The van der Waals surface area contributed by atoms with Crippen LogP contribution in [0, 0.1) is 5.92 Å². The number of carbonyl (C=O) groups is 2. The van der Waals surface area contributed by atoms with Gasteiger partial charge in [-0.05, 0) is 44.8 Å². The number of alkyl carbamates (subject to hydrolysis) is 1. The van der Waals surface area contributed by atoms with Crippen LogP contribution in [0.4, 0.5) is 4.79 Å². The van der Waals surface area contributed by atoms with Crippen molar-refractivity contribution in [3.63, 3.8) is 0 Å². The van der Waals surface area contributed by atoms with Crippen LogP contribution in [0.1, 0.15) is 26.2 Å². The first-order valence-electron chi connectivity index (χ1n) is 6.96. The maximum Gasteiger partial charge on any atom is 0.413 e. The van der Waals surface area contributed by atoms with Gasteiger partial charge in [0.1, 0.15) is 0 Å². The van der Waals surface area contributed by atoms with Gasteiger partial charge in [-0.25, -0.2) is 4.79 Å². The average Bonchev–Trinajstić information content (AvgIpc) is 2.39. The highest BCUT2D eigenvalue weighted by molar-refractivity contribution is 5.92. The van der Waals surface area contributed by atoms with Gasteiger partial charge in [0, 0.05) is 6.54 Å². The molecule has 110 valence electrons. The molecule has 1 rings (SSSR count). The lowest BCUT2D eigenvalue weighted by Gasteiger charge is -2.29. The zero-order valence-corrected chi connectivity index (χ0v) is 11.9. The molecule has 19 heavy (non-hydrogen) atoms. The lowest BCUT2D eigenvalue weighted by atomic mass is 9.97. The summed E-state index contributed by atoms with van der Waals surface area (Å²) in [4.78, 5) is 24.8. The Balaban J connectivity index is 2.37. The topological polar surface area (TPSA) is 70.7 Å². The molecule has 0 aromatic rings. The number of hydrogen-bond donors (Lipinski definition) is 2. The predicted molar refractivity (Wildman–Crippen MR) is 72.9 cm³/mol. The van der Waals surface area contributed by atoms with Crippen LogP contribution in [0.25, 0.3) is 0 Å². The van der Waals surface area contributed by atoms with Crippen LogP contribution < -0.4 is 10.6 Å². The number of ether oxygens (including phenoxy) is 1. The zero-order valence-electron chi connectivity index (χ0n) is 11.9. The Morgan fingerprint density at radius 2 is 2.05 bits per heavy atom. The second-order valence-corrected chi connectivity index (χ2v) is 4.97. The fourth-order valence-electron chi connectivity index (χ4n) is 2.39. The summed E-state index contributed by atoms with van der Waals surface area (Å²) in [7, 11) is 1.25. The van der Waals surface area contributed by atoms with Crippen LogP contribution in [0.5, 0.6) is 0 Å². The molecule has 2 amide bonds. The Morgan fingerprint density at radius 1 is 1.37 bits per heavy atom. The first-order valence-corrected chi connectivity index (χ1v) is 6.96. The van der Waals surface area contributed by atoms with E-state index in [2.05, 4.69) is 27.2 Å². The van der Waals surface area contributed by atoms with E-state index in [1.54, 1.807) is 0 Å². The Bertz CT molecular complexity index is 291. The first-order chi connectivity index (χ1) is 9.15. The number of carbonyl (C=O) groups excluding carboxylic acids is 2. The number of nitrogens with one attached hydrogen (secondary N) is 2. The summed E-state index contributed by atoms with van der Waals surface area (Å²) in [5.74, 6) is 0.341. The van der Waals surface area contributed by atoms with Crippen LogP contribution in [0.2, 0.25) is 0 Å². The molecule has 1 fully saturated rings. The van der Waals surface area contributed by atoms with Gasteiger partial charge in [-0.15, -0.1) is 0 Å². The molecule has 0 spiro atoms. The molecule has 6 nitrogen and oxygen atoms in total. The van der Waals surface area contributed by atoms with E-state index in [1.807, 2.05) is 0 Å². The maximum absolute atomic E-state index is 11.7. The minimum atomic E-state index is -0.691. The van der Waals surface area contributed by atoms with Gasteiger partial charge < -0.3 is 10.1 Å². The van der Waals surface area contributed by atoms with Gasteiger partial charge in [0.05, 0.1) is 13.7 Å². The van der Waals surface area contributed by atoms with Crippen molar-refractivity contribution in [3.05, 3.63) is 0 Å². The van der Waals surface area contributed by atoms with Crippen molar-refractivity contribution in [2.75, 3.05) is 39.8 Å². The number of amides is 2. The molecule has 0 aromatic carbocycles. The van der Waals surface area contributed by atoms with Gasteiger partial charge >= 0.3 is 6.09 Å². The second kappa shape index (κ2) is 8.87. The van der Waals surface area contributed by atoms with E-state index in [4.69, 9.17) is 0 Å². The van der Waals surface area contributed by atoms with Crippen LogP contribution in [0.3, 0.4) is 0 Å². The number of methoxy groups -OCH3 is 1. The molecule has 1 aliphatic heterocycles. The van der Waals surface area contributed by atoms with E-state index in [0.717, 1.165) is 45.4 Å². The summed E-state index contributed by atoms with van der Waals surface area (Å²) in [5, 5.41) is 5.54. The smallest absolute Gasteiger partial charge is 0.413 e. The molecule has 1 heterocycles. The number of rotatable bonds is 6. The Kier molecular flexibility index (Phi) is 7.43. The van der Waals surface area contributed by atoms with E-state index in [-0.39, 0.29) is 12.5 Å². The van der Waals surface area contributed by atoms with Crippen molar-refractivity contribution in [3.8, 4) is 0 Å². The van der Waals surface area contributed by atoms with Crippen LogP contribution >= 0.6 is 0 Å². The van der Waals surface area contributed by atoms with Crippen molar-refractivity contribution in [2.24, 2.45) is 5.92 Å². The lowest BCUT2D eigenvalue weighted by molar-refractivity contribution is -0.121. The zero-order chi connectivity index (χ0) is 14.1. The number of nitrogens with zero attached hydrogens (tertiary/aromatic N) is 1. The quantitative estimate of drug-likeness (QED) is 0.739. The highest BCUT2D eigenvalue weighted by Gasteiger charge is 2.19. The third kappa shape index (κ3) is 6.54. The molecule has 0 atom stereocenters. The maximum atomic E-state index is 11.7. The number of piperidine rings is 1. The monoisotopic (exact) mass is 271 g/mol. The molecule has 0 unspecified atom stereocenters. The first kappa shape index (κ1) is 15.9. The molecule has 2 N–H and O–H groups in total. The third-order valence-electron chi connectivity index (χ3n) is 3.31. The van der Waals surface area contributed by atoms with E-state index in [1.165, 1.54) is 7.11 Å². The fraction of sp³-hybridized carbons (Fsp3) is 0.846. The molecule has 0 aromatic heterocycles. The number of hydrogen-bond acceptors (Lipinski definition) is 5. The second-order valence-electron chi connectivity index (χ2n) is 4.97. The van der Waals surface area contributed by atoms with Crippen LogP contribution in [-0.4, -0.2) is 56.7 Å². The molecule has 1 aliphatic rings. The molecule has 6 heteroatoms. The molecule has 1 saturated heterocycles. The molecular formula is C13H25N3O3. The molecule has 0 bridgehead atoms. The third-order valence-corrected chi connectivity index (χ3v) is 3.31. The number of imide groups is 1. The Morgan fingerprint density at radius 3 is 2.63 bits per heavy atom. The van der Waals surface area contributed by atoms with Crippen molar-refractivity contribution in [1.82, 2.24) is 15.5 Å². The van der Waals surface area contributed by atoms with Crippen molar-refractivity contribution in [1.29, 1.82) is 0 Å². The summed E-state index contributed by atoms with van der Waals surface area (Å²) in [6.07, 6.45) is 2.61. The highest BCUT2D eigenvalue weighted by Crippen LogP contribution is 2.13. The minimum absolute atomic E-state index is 0.257. The van der Waals surface area contributed by atoms with Gasteiger partial charge in [0.2, 0.25) is 5.91 Å². The summed E-state index contributed by atoms with van der Waals surface area (Å²) in [6.45, 7) is 6.25. The molecule has 0 saturated carbocycles.